The number of ether oxygens (including phenoxy) is 1. The lowest BCUT2D eigenvalue weighted by Crippen LogP contribution is -2.09. The fourth-order valence-electron chi connectivity index (χ4n) is 0.706. The van der Waals surface area contributed by atoms with Crippen LogP contribution in [0.25, 0.3) is 0 Å². The second-order valence-electron chi connectivity index (χ2n) is 2.97. The molecule has 0 spiro atoms. The summed E-state index contributed by atoms with van der Waals surface area (Å²) in [4.78, 5) is 10.5. The van der Waals surface area contributed by atoms with Crippen LogP contribution in [0.1, 0.15) is 13.8 Å². The predicted molar refractivity (Wildman–Crippen MR) is 73.6 cm³/mol. The van der Waals surface area contributed by atoms with E-state index in [1.54, 1.807) is 18.2 Å². The molecular formula is C15H13ClO2. The Bertz CT molecular complexity index is 496. The summed E-state index contributed by atoms with van der Waals surface area (Å²) in [7, 11) is 0. The molecule has 0 aliphatic carbocycles. The van der Waals surface area contributed by atoms with Gasteiger partial charge in [0.1, 0.15) is 6.61 Å². The summed E-state index contributed by atoms with van der Waals surface area (Å²) in [5.41, 5.74) is 0. The smallest absolute Gasteiger partial charge is 0.302 e. The van der Waals surface area contributed by atoms with E-state index >= 15 is 0 Å². The van der Waals surface area contributed by atoms with Crippen molar-refractivity contribution in [3.63, 3.8) is 0 Å². The summed E-state index contributed by atoms with van der Waals surface area (Å²) in [5, 5.41) is -0.384. The fourth-order valence-corrected chi connectivity index (χ4v) is 0.842. The molecule has 0 aromatic carbocycles. The largest absolute Gasteiger partial charge is 0.464 e. The Hall–Kier alpha value is -2.08. The second kappa shape index (κ2) is 11.4. The highest BCUT2D eigenvalue weighted by Crippen LogP contribution is 1.98. The molecule has 0 aromatic heterocycles. The van der Waals surface area contributed by atoms with Crippen LogP contribution in [-0.4, -0.2) is 18.0 Å². The molecule has 0 aliphatic heterocycles. The molecule has 1 atom stereocenters. The second-order valence-corrected chi connectivity index (χ2v) is 3.53. The van der Waals surface area contributed by atoms with Crippen molar-refractivity contribution in [1.29, 1.82) is 0 Å². The lowest BCUT2D eigenvalue weighted by molar-refractivity contribution is -0.140. The van der Waals surface area contributed by atoms with Crippen molar-refractivity contribution in [3.8, 4) is 35.5 Å². The van der Waals surface area contributed by atoms with Crippen LogP contribution in [0.2, 0.25) is 0 Å². The zero-order valence-corrected chi connectivity index (χ0v) is 11.0. The van der Waals surface area contributed by atoms with Crippen LogP contribution in [0, 0.1) is 35.5 Å². The average molecular weight is 261 g/mol. The number of rotatable bonds is 3. The summed E-state index contributed by atoms with van der Waals surface area (Å²) in [5.74, 6) is 15.4. The monoisotopic (exact) mass is 260 g/mol. The van der Waals surface area contributed by atoms with E-state index < -0.39 is 0 Å². The average Bonchev–Trinajstić information content (AvgIpc) is 2.34. The van der Waals surface area contributed by atoms with Gasteiger partial charge < -0.3 is 4.74 Å². The number of carbonyl (C=O) groups is 1. The number of hydrogen-bond donors (Lipinski definition) is 0. The van der Waals surface area contributed by atoms with Crippen molar-refractivity contribution < 1.29 is 9.53 Å². The number of halogens is 1. The maximum absolute atomic E-state index is 10.5. The Morgan fingerprint density at radius 3 is 2.39 bits per heavy atom. The van der Waals surface area contributed by atoms with Gasteiger partial charge in [-0.2, -0.15) is 0 Å². The molecular weight excluding hydrogens is 248 g/mol. The number of carbonyl (C=O) groups excluding carboxylic acids is 1. The van der Waals surface area contributed by atoms with Crippen LogP contribution in [0.5, 0.6) is 0 Å². The molecule has 0 radical (unpaired) electrons. The molecule has 18 heavy (non-hydrogen) atoms. The minimum absolute atomic E-state index is 0.134. The van der Waals surface area contributed by atoms with Gasteiger partial charge in [0.2, 0.25) is 0 Å². The topological polar surface area (TPSA) is 26.3 Å². The maximum Gasteiger partial charge on any atom is 0.302 e. The minimum Gasteiger partial charge on any atom is -0.464 e. The van der Waals surface area contributed by atoms with Gasteiger partial charge in [-0.1, -0.05) is 24.0 Å². The quantitative estimate of drug-likeness (QED) is 0.442. The van der Waals surface area contributed by atoms with Crippen molar-refractivity contribution in [2.45, 2.75) is 19.2 Å². The van der Waals surface area contributed by atoms with Gasteiger partial charge in [-0.15, -0.1) is 11.6 Å². The van der Waals surface area contributed by atoms with Gasteiger partial charge in [-0.05, 0) is 42.8 Å². The zero-order valence-electron chi connectivity index (χ0n) is 10.3. The summed E-state index contributed by atoms with van der Waals surface area (Å²) < 4.78 is 4.71. The normalized spacial score (nSPS) is 10.6. The first-order valence-corrected chi connectivity index (χ1v) is 5.66. The molecule has 0 amide bonds. The molecule has 0 heterocycles. The molecule has 0 saturated carbocycles. The molecule has 0 saturated heterocycles. The maximum atomic E-state index is 10.5. The molecule has 0 rings (SSSR count). The third-order valence-corrected chi connectivity index (χ3v) is 1.69. The molecule has 2 nitrogen and oxygen atoms in total. The Labute approximate surface area is 113 Å². The van der Waals surface area contributed by atoms with Crippen molar-refractivity contribution in [2.24, 2.45) is 0 Å². The first-order chi connectivity index (χ1) is 8.66. The van der Waals surface area contributed by atoms with Crippen molar-refractivity contribution in [3.05, 3.63) is 24.3 Å². The summed E-state index contributed by atoms with van der Waals surface area (Å²) >= 11 is 5.82. The number of allylic oxidation sites excluding steroid dienone is 3. The third-order valence-electron chi connectivity index (χ3n) is 1.42. The van der Waals surface area contributed by atoms with Crippen LogP contribution in [0.3, 0.4) is 0 Å². The van der Waals surface area contributed by atoms with Gasteiger partial charge in [0.05, 0.1) is 5.38 Å². The van der Waals surface area contributed by atoms with Gasteiger partial charge in [0.25, 0.3) is 0 Å². The van der Waals surface area contributed by atoms with E-state index in [2.05, 4.69) is 35.5 Å². The first kappa shape index (κ1) is 15.9. The van der Waals surface area contributed by atoms with Crippen LogP contribution in [-0.2, 0) is 9.53 Å². The summed E-state index contributed by atoms with van der Waals surface area (Å²) in [6.07, 6.45) is 6.72. The molecule has 92 valence electrons. The Kier molecular flexibility index (Phi) is 10.1. The van der Waals surface area contributed by atoms with E-state index in [0.717, 1.165) is 0 Å². The minimum atomic E-state index is -0.384. The van der Waals surface area contributed by atoms with E-state index in [4.69, 9.17) is 16.3 Å². The molecule has 0 bridgehead atoms. The van der Waals surface area contributed by atoms with Gasteiger partial charge in [0, 0.05) is 6.92 Å². The van der Waals surface area contributed by atoms with Crippen LogP contribution < -0.4 is 0 Å². The Balaban J connectivity index is 4.03. The molecule has 0 fully saturated rings. The molecule has 3 heteroatoms. The third kappa shape index (κ3) is 12.0. The summed E-state index contributed by atoms with van der Waals surface area (Å²) in [6.45, 7) is 3.35. The van der Waals surface area contributed by atoms with Crippen molar-refractivity contribution in [1.82, 2.24) is 0 Å². The summed E-state index contributed by atoms with van der Waals surface area (Å²) in [6, 6.07) is 0. The molecule has 0 aliphatic rings. The van der Waals surface area contributed by atoms with Crippen LogP contribution in [0.4, 0.5) is 0 Å². The fraction of sp³-hybridized carbons (Fsp3) is 0.267. The highest BCUT2D eigenvalue weighted by molar-refractivity contribution is 6.22. The number of esters is 1. The first-order valence-electron chi connectivity index (χ1n) is 5.23. The number of alkyl halides is 1. The molecule has 0 aromatic rings. The van der Waals surface area contributed by atoms with E-state index in [0.29, 0.717) is 0 Å². The van der Waals surface area contributed by atoms with E-state index in [-0.39, 0.29) is 18.0 Å². The van der Waals surface area contributed by atoms with E-state index in [9.17, 15) is 4.79 Å². The van der Waals surface area contributed by atoms with Gasteiger partial charge in [-0.3, -0.25) is 4.79 Å². The van der Waals surface area contributed by atoms with E-state index in [1.165, 1.54) is 6.92 Å². The van der Waals surface area contributed by atoms with Crippen LogP contribution in [0.15, 0.2) is 24.3 Å². The molecule has 0 unspecified atom stereocenters. The highest BCUT2D eigenvalue weighted by Gasteiger charge is 2.00. The highest BCUT2D eigenvalue weighted by atomic mass is 35.5. The van der Waals surface area contributed by atoms with Crippen LogP contribution >= 0.6 is 11.6 Å². The zero-order chi connectivity index (χ0) is 13.6. The predicted octanol–water partition coefficient (Wildman–Crippen LogP) is 2.30. The van der Waals surface area contributed by atoms with Crippen molar-refractivity contribution in [2.75, 3.05) is 6.61 Å². The van der Waals surface area contributed by atoms with Gasteiger partial charge in [-0.25, -0.2) is 0 Å². The van der Waals surface area contributed by atoms with Gasteiger partial charge in [0.15, 0.2) is 0 Å². The lowest BCUT2D eigenvalue weighted by atomic mass is 10.4. The standard InChI is InChI=1S/C15H13ClO2/c1-3-4-5-6-7-8-9-10-11-12-15(16)13-18-14(2)17/h3-4,11-12,15H,13H2,1-2H3/t15-/m0/s1. The SMILES string of the molecule is CC=CC#CC#CC#CC=C[C@H](Cl)COC(C)=O. The van der Waals surface area contributed by atoms with E-state index in [1.807, 2.05) is 13.0 Å². The Morgan fingerprint density at radius 1 is 1.22 bits per heavy atom. The van der Waals surface area contributed by atoms with Gasteiger partial charge >= 0.3 is 5.97 Å². The molecule has 0 N–H and O–H groups in total. The Morgan fingerprint density at radius 2 is 1.83 bits per heavy atom. The number of hydrogen-bond acceptors (Lipinski definition) is 2. The lowest BCUT2D eigenvalue weighted by Gasteiger charge is -2.02. The van der Waals surface area contributed by atoms with Crippen molar-refractivity contribution >= 4 is 17.6 Å².